The van der Waals surface area contributed by atoms with Crippen LogP contribution >= 0.6 is 0 Å². The van der Waals surface area contributed by atoms with E-state index in [9.17, 15) is 19.5 Å². The summed E-state index contributed by atoms with van der Waals surface area (Å²) < 4.78 is 11.7. The largest absolute Gasteiger partial charge is 0.463 e. The lowest BCUT2D eigenvalue weighted by molar-refractivity contribution is -0.186. The third kappa shape index (κ3) is 4.90. The van der Waals surface area contributed by atoms with Crippen LogP contribution in [0.1, 0.15) is 113 Å². The lowest BCUT2D eigenvalue weighted by Crippen LogP contribution is -2.64. The number of aliphatic hydroxyl groups is 1. The van der Waals surface area contributed by atoms with Crippen molar-refractivity contribution in [1.29, 1.82) is 0 Å². The molecule has 0 radical (unpaired) electrons. The Bertz CT molecular complexity index is 1010. The van der Waals surface area contributed by atoms with Crippen molar-refractivity contribution < 1.29 is 29.0 Å². The minimum absolute atomic E-state index is 0.0138. The maximum atomic E-state index is 12.8. The number of amides is 1. The molecule has 1 heterocycles. The SMILES string of the molecule is CC(=O)O[C@H]1CC[C@@]2(C)[C@@H](CC[C@@H]3[C@@H]2CC[C@]2(C)[C@@H]([C@@](C)(O)[C@@H]4CC[C@H](C)CN4C(C)=O)[C@H](OC(C)=O)C[C@@H]32)C1. The topological polar surface area (TPSA) is 93.1 Å². The van der Waals surface area contributed by atoms with Crippen LogP contribution in [0.2, 0.25) is 0 Å². The van der Waals surface area contributed by atoms with Gasteiger partial charge < -0.3 is 19.5 Å². The molecule has 7 heteroatoms. The molecular formula is C33H53NO6. The summed E-state index contributed by atoms with van der Waals surface area (Å²) >= 11 is 0. The molecule has 5 aliphatic rings. The summed E-state index contributed by atoms with van der Waals surface area (Å²) in [5, 5.41) is 12.5. The number of nitrogens with zero attached hydrogens (tertiary/aromatic N) is 1. The van der Waals surface area contributed by atoms with Gasteiger partial charge in [0, 0.05) is 33.2 Å². The van der Waals surface area contributed by atoms with E-state index in [1.807, 2.05) is 11.8 Å². The van der Waals surface area contributed by atoms with E-state index in [0.717, 1.165) is 64.2 Å². The molecule has 5 rings (SSSR count). The van der Waals surface area contributed by atoms with Crippen molar-refractivity contribution in [3.8, 4) is 0 Å². The molecule has 0 unspecified atom stereocenters. The molecule has 5 fully saturated rings. The van der Waals surface area contributed by atoms with E-state index in [0.29, 0.717) is 36.1 Å². The van der Waals surface area contributed by atoms with Gasteiger partial charge in [-0.25, -0.2) is 0 Å². The van der Waals surface area contributed by atoms with Crippen molar-refractivity contribution in [2.45, 2.75) is 137 Å². The van der Waals surface area contributed by atoms with E-state index in [4.69, 9.17) is 9.47 Å². The first-order valence-corrected chi connectivity index (χ1v) is 16.0. The van der Waals surface area contributed by atoms with Crippen LogP contribution in [0.3, 0.4) is 0 Å². The molecule has 12 atom stereocenters. The molecule has 0 aromatic rings. The van der Waals surface area contributed by atoms with Crippen LogP contribution < -0.4 is 0 Å². The maximum absolute atomic E-state index is 12.8. The number of piperidine rings is 1. The molecule has 0 aromatic carbocycles. The van der Waals surface area contributed by atoms with E-state index in [1.54, 1.807) is 6.92 Å². The molecule has 4 saturated carbocycles. The van der Waals surface area contributed by atoms with Gasteiger partial charge in [-0.3, -0.25) is 14.4 Å². The van der Waals surface area contributed by atoms with Crippen molar-refractivity contribution in [1.82, 2.24) is 4.90 Å². The van der Waals surface area contributed by atoms with Crippen molar-refractivity contribution >= 4 is 17.8 Å². The van der Waals surface area contributed by atoms with Crippen LogP contribution in [-0.4, -0.2) is 58.2 Å². The number of hydrogen-bond donors (Lipinski definition) is 1. The number of carbonyl (C=O) groups is 3. The lowest BCUT2D eigenvalue weighted by atomic mass is 9.44. The molecule has 0 spiro atoms. The zero-order valence-corrected chi connectivity index (χ0v) is 25.9. The van der Waals surface area contributed by atoms with Gasteiger partial charge in [-0.15, -0.1) is 0 Å². The molecule has 4 aliphatic carbocycles. The Labute approximate surface area is 241 Å². The summed E-state index contributed by atoms with van der Waals surface area (Å²) in [5.74, 6) is 1.79. The molecule has 1 saturated heterocycles. The molecule has 40 heavy (non-hydrogen) atoms. The number of fused-ring (bicyclic) bond motifs is 5. The Morgan fingerprint density at radius 1 is 0.850 bits per heavy atom. The molecule has 1 N–H and O–H groups in total. The minimum atomic E-state index is -1.16. The monoisotopic (exact) mass is 559 g/mol. The fourth-order valence-electron chi connectivity index (χ4n) is 11.2. The maximum Gasteiger partial charge on any atom is 0.302 e. The molecular weight excluding hydrogens is 506 g/mol. The summed E-state index contributed by atoms with van der Waals surface area (Å²) in [6, 6.07) is -0.276. The van der Waals surface area contributed by atoms with Crippen LogP contribution in [0.4, 0.5) is 0 Å². The zero-order chi connectivity index (χ0) is 29.2. The smallest absolute Gasteiger partial charge is 0.302 e. The van der Waals surface area contributed by atoms with Gasteiger partial charge in [-0.05, 0) is 112 Å². The molecule has 0 aromatic heterocycles. The number of esters is 2. The van der Waals surface area contributed by atoms with Gasteiger partial charge in [0.2, 0.25) is 5.91 Å². The highest BCUT2D eigenvalue weighted by atomic mass is 16.5. The fourth-order valence-corrected chi connectivity index (χ4v) is 11.2. The quantitative estimate of drug-likeness (QED) is 0.456. The van der Waals surface area contributed by atoms with E-state index in [1.165, 1.54) is 13.8 Å². The van der Waals surface area contributed by atoms with Gasteiger partial charge >= 0.3 is 11.9 Å². The van der Waals surface area contributed by atoms with Gasteiger partial charge in [0.25, 0.3) is 0 Å². The highest BCUT2D eigenvalue weighted by molar-refractivity contribution is 5.74. The Hall–Kier alpha value is -1.63. The van der Waals surface area contributed by atoms with Crippen molar-refractivity contribution in [2.24, 2.45) is 46.3 Å². The summed E-state index contributed by atoms with van der Waals surface area (Å²) in [7, 11) is 0. The highest BCUT2D eigenvalue weighted by Gasteiger charge is 2.67. The number of rotatable bonds is 4. The summed E-state index contributed by atoms with van der Waals surface area (Å²) in [6.45, 7) is 14.2. The molecule has 1 aliphatic heterocycles. The average Bonchev–Trinajstić information content (AvgIpc) is 3.15. The van der Waals surface area contributed by atoms with Gasteiger partial charge in [0.05, 0.1) is 11.6 Å². The van der Waals surface area contributed by atoms with Gasteiger partial charge in [-0.2, -0.15) is 0 Å². The van der Waals surface area contributed by atoms with E-state index in [2.05, 4.69) is 20.8 Å². The Morgan fingerprint density at radius 2 is 1.52 bits per heavy atom. The van der Waals surface area contributed by atoms with Gasteiger partial charge in [0.1, 0.15) is 12.2 Å². The lowest BCUT2D eigenvalue weighted by Gasteiger charge is -2.62. The van der Waals surface area contributed by atoms with Crippen molar-refractivity contribution in [3.63, 3.8) is 0 Å². The van der Waals surface area contributed by atoms with Crippen LogP contribution in [0.15, 0.2) is 0 Å². The standard InChI is InChI=1S/C33H53NO6/c1-19-8-11-29(34(18-19)20(2)35)33(7,38)30-28(40-22(4)37)17-27-25-10-9-23-16-24(39-21(3)36)12-14-31(23,5)26(25)13-15-32(27,30)6/h19,23-30,38H,8-18H2,1-7H3/t19-,23-,24-,25+,26-,27-,28+,29-,30-,31-,32-,33-/m0/s1. The van der Waals surface area contributed by atoms with Crippen molar-refractivity contribution in [3.05, 3.63) is 0 Å². The number of likely N-dealkylation sites (tertiary alicyclic amines) is 1. The molecule has 226 valence electrons. The second-order valence-corrected chi connectivity index (χ2v) is 15.2. The number of carbonyl (C=O) groups excluding carboxylic acids is 3. The molecule has 7 nitrogen and oxygen atoms in total. The van der Waals surface area contributed by atoms with Crippen LogP contribution in [-0.2, 0) is 23.9 Å². The van der Waals surface area contributed by atoms with E-state index >= 15 is 0 Å². The zero-order valence-electron chi connectivity index (χ0n) is 25.9. The Balaban J connectivity index is 1.44. The van der Waals surface area contributed by atoms with Crippen LogP contribution in [0, 0.1) is 46.3 Å². The molecule has 1 amide bonds. The van der Waals surface area contributed by atoms with Crippen LogP contribution in [0.25, 0.3) is 0 Å². The third-order valence-corrected chi connectivity index (χ3v) is 12.8. The first-order chi connectivity index (χ1) is 18.7. The third-order valence-electron chi connectivity index (χ3n) is 12.8. The number of ether oxygens (including phenoxy) is 2. The summed E-state index contributed by atoms with van der Waals surface area (Å²) in [6.07, 6.45) is 9.61. The number of hydrogen-bond acceptors (Lipinski definition) is 6. The molecule has 0 bridgehead atoms. The average molecular weight is 560 g/mol. The fraction of sp³-hybridized carbons (Fsp3) is 0.909. The predicted molar refractivity (Wildman–Crippen MR) is 152 cm³/mol. The minimum Gasteiger partial charge on any atom is -0.463 e. The predicted octanol–water partition coefficient (Wildman–Crippen LogP) is 5.52. The summed E-state index contributed by atoms with van der Waals surface area (Å²) in [5.41, 5.74) is -1.11. The Morgan fingerprint density at radius 3 is 2.17 bits per heavy atom. The summed E-state index contributed by atoms with van der Waals surface area (Å²) in [4.78, 5) is 38.7. The van der Waals surface area contributed by atoms with E-state index in [-0.39, 0.29) is 52.8 Å². The first-order valence-electron chi connectivity index (χ1n) is 16.0. The van der Waals surface area contributed by atoms with Crippen molar-refractivity contribution in [2.75, 3.05) is 6.54 Å². The van der Waals surface area contributed by atoms with E-state index < -0.39 is 5.60 Å². The normalized spacial score (nSPS) is 46.3. The van der Waals surface area contributed by atoms with Gasteiger partial charge in [-0.1, -0.05) is 20.8 Å². The first kappa shape index (κ1) is 29.8. The second kappa shape index (κ2) is 10.6. The second-order valence-electron chi connectivity index (χ2n) is 15.2. The highest BCUT2D eigenvalue weighted by Crippen LogP contribution is 2.69. The van der Waals surface area contributed by atoms with Crippen LogP contribution in [0.5, 0.6) is 0 Å². The van der Waals surface area contributed by atoms with Gasteiger partial charge in [0.15, 0.2) is 0 Å². The Kier molecular flexibility index (Phi) is 7.89.